The lowest BCUT2D eigenvalue weighted by atomic mass is 9.98. The Bertz CT molecular complexity index is 1150. The molecule has 182 valence electrons. The highest BCUT2D eigenvalue weighted by Crippen LogP contribution is 2.44. The predicted octanol–water partition coefficient (Wildman–Crippen LogP) is 4.65. The average Bonchev–Trinajstić information content (AvgIpc) is 3.49. The van der Waals surface area contributed by atoms with Crippen LogP contribution in [0, 0.1) is 0 Å². The third-order valence-electron chi connectivity index (χ3n) is 5.80. The van der Waals surface area contributed by atoms with Crippen LogP contribution in [0.3, 0.4) is 0 Å². The van der Waals surface area contributed by atoms with Gasteiger partial charge in [-0.3, -0.25) is 4.79 Å². The summed E-state index contributed by atoms with van der Waals surface area (Å²) in [5.41, 5.74) is 4.39. The van der Waals surface area contributed by atoms with Gasteiger partial charge < -0.3 is 20.5 Å². The average molecular weight is 511 g/mol. The minimum Gasteiger partial charge on any atom is -0.480 e. The second-order valence-electron chi connectivity index (χ2n) is 8.18. The summed E-state index contributed by atoms with van der Waals surface area (Å²) in [5.74, 6) is -1.36. The molecule has 1 aromatic heterocycles. The van der Waals surface area contributed by atoms with Crippen LogP contribution in [0.15, 0.2) is 66.0 Å². The third-order valence-corrected chi connectivity index (χ3v) is 7.89. The molecule has 3 aromatic rings. The highest BCUT2D eigenvalue weighted by molar-refractivity contribution is 8.00. The van der Waals surface area contributed by atoms with Gasteiger partial charge in [0.1, 0.15) is 12.6 Å². The molecule has 0 fully saturated rings. The summed E-state index contributed by atoms with van der Waals surface area (Å²) >= 11 is 2.70. The number of alkyl carbamates (subject to hydrolysis) is 1. The Morgan fingerprint density at radius 1 is 1.00 bits per heavy atom. The van der Waals surface area contributed by atoms with Gasteiger partial charge in [-0.25, -0.2) is 9.59 Å². The van der Waals surface area contributed by atoms with Gasteiger partial charge in [0.2, 0.25) is 5.91 Å². The zero-order valence-corrected chi connectivity index (χ0v) is 20.7. The second-order valence-corrected chi connectivity index (χ2v) is 10.2. The molecule has 0 saturated heterocycles. The Labute approximate surface area is 211 Å². The lowest BCUT2D eigenvalue weighted by Gasteiger charge is -2.17. The number of hydrogen-bond acceptors (Lipinski definition) is 6. The largest absolute Gasteiger partial charge is 0.480 e. The monoisotopic (exact) mass is 510 g/mol. The van der Waals surface area contributed by atoms with E-state index in [-0.39, 0.29) is 36.0 Å². The van der Waals surface area contributed by atoms with Crippen molar-refractivity contribution in [2.75, 3.05) is 18.1 Å². The molecule has 0 spiro atoms. The van der Waals surface area contributed by atoms with Crippen LogP contribution in [-0.2, 0) is 14.3 Å². The number of aliphatic carboxylic acids is 1. The van der Waals surface area contributed by atoms with Gasteiger partial charge in [-0.2, -0.15) is 0 Å². The zero-order valence-electron chi connectivity index (χ0n) is 19.1. The SMILES string of the molecule is CC(NC(=O)CSCC(NC(=O)OCC1c2ccccc2-c2ccccc21)C(=O)O)c1cccs1. The van der Waals surface area contributed by atoms with E-state index >= 15 is 0 Å². The number of rotatable bonds is 10. The van der Waals surface area contributed by atoms with E-state index in [1.807, 2.05) is 73.0 Å². The van der Waals surface area contributed by atoms with Gasteiger partial charge in [-0.15, -0.1) is 23.1 Å². The molecule has 1 aliphatic carbocycles. The Morgan fingerprint density at radius 2 is 1.66 bits per heavy atom. The normalized spacial score (nSPS) is 13.9. The molecule has 2 unspecified atom stereocenters. The number of carboxylic acids is 1. The molecule has 2 amide bonds. The first-order valence-electron chi connectivity index (χ1n) is 11.2. The molecular weight excluding hydrogens is 484 g/mol. The van der Waals surface area contributed by atoms with Crippen molar-refractivity contribution in [3.63, 3.8) is 0 Å². The summed E-state index contributed by atoms with van der Waals surface area (Å²) in [5, 5.41) is 16.8. The molecule has 2 atom stereocenters. The maximum atomic E-state index is 12.4. The van der Waals surface area contributed by atoms with Crippen molar-refractivity contribution < 1.29 is 24.2 Å². The highest BCUT2D eigenvalue weighted by atomic mass is 32.2. The molecule has 1 heterocycles. The number of carbonyl (C=O) groups is 3. The third kappa shape index (κ3) is 6.04. The maximum Gasteiger partial charge on any atom is 0.407 e. The van der Waals surface area contributed by atoms with Crippen molar-refractivity contribution in [3.8, 4) is 11.1 Å². The Balaban J connectivity index is 1.26. The number of carboxylic acid groups (broad SMARTS) is 1. The van der Waals surface area contributed by atoms with Crippen LogP contribution in [-0.4, -0.2) is 47.2 Å². The fourth-order valence-electron chi connectivity index (χ4n) is 4.12. The van der Waals surface area contributed by atoms with Crippen molar-refractivity contribution in [1.29, 1.82) is 0 Å². The molecule has 0 bridgehead atoms. The van der Waals surface area contributed by atoms with Gasteiger partial charge in [0.25, 0.3) is 0 Å². The number of fused-ring (bicyclic) bond motifs is 3. The van der Waals surface area contributed by atoms with Crippen molar-refractivity contribution in [1.82, 2.24) is 10.6 Å². The summed E-state index contributed by atoms with van der Waals surface area (Å²) in [6.07, 6.45) is -0.796. The van der Waals surface area contributed by atoms with Crippen molar-refractivity contribution in [3.05, 3.63) is 82.0 Å². The molecule has 0 aliphatic heterocycles. The standard InChI is InChI=1S/C26H26N2O5S2/c1-16(23-11-6-12-35-23)27-24(29)15-34-14-22(25(30)31)28-26(32)33-13-21-19-9-4-2-7-17(19)18-8-3-5-10-20(18)21/h2-12,16,21-22H,13-15H2,1H3,(H,27,29)(H,28,32)(H,30,31). The van der Waals surface area contributed by atoms with Crippen LogP contribution >= 0.6 is 23.1 Å². The highest BCUT2D eigenvalue weighted by Gasteiger charge is 2.29. The minimum atomic E-state index is -1.18. The van der Waals surface area contributed by atoms with Crippen LogP contribution in [0.25, 0.3) is 11.1 Å². The first kappa shape index (κ1) is 24.8. The van der Waals surface area contributed by atoms with Crippen molar-refractivity contribution in [2.45, 2.75) is 24.9 Å². The summed E-state index contributed by atoms with van der Waals surface area (Å²) in [6, 6.07) is 18.6. The van der Waals surface area contributed by atoms with Crippen LogP contribution in [0.4, 0.5) is 4.79 Å². The van der Waals surface area contributed by atoms with Crippen LogP contribution in [0.5, 0.6) is 0 Å². The van der Waals surface area contributed by atoms with Gasteiger partial charge in [0.15, 0.2) is 0 Å². The molecular formula is C26H26N2O5S2. The smallest absolute Gasteiger partial charge is 0.407 e. The Hall–Kier alpha value is -3.30. The summed E-state index contributed by atoms with van der Waals surface area (Å²) in [4.78, 5) is 37.3. The number of nitrogens with one attached hydrogen (secondary N) is 2. The van der Waals surface area contributed by atoms with E-state index in [1.165, 1.54) is 0 Å². The lowest BCUT2D eigenvalue weighted by molar-refractivity contribution is -0.138. The predicted molar refractivity (Wildman–Crippen MR) is 138 cm³/mol. The van der Waals surface area contributed by atoms with Crippen molar-refractivity contribution in [2.24, 2.45) is 0 Å². The lowest BCUT2D eigenvalue weighted by Crippen LogP contribution is -2.43. The molecule has 7 nitrogen and oxygen atoms in total. The number of carbonyl (C=O) groups excluding carboxylic acids is 2. The quantitative estimate of drug-likeness (QED) is 0.367. The number of thioether (sulfide) groups is 1. The van der Waals surface area contributed by atoms with E-state index in [4.69, 9.17) is 4.74 Å². The van der Waals surface area contributed by atoms with E-state index < -0.39 is 18.1 Å². The van der Waals surface area contributed by atoms with E-state index in [1.54, 1.807) is 11.3 Å². The molecule has 1 aliphatic rings. The Morgan fingerprint density at radius 3 is 2.26 bits per heavy atom. The first-order valence-corrected chi connectivity index (χ1v) is 13.2. The van der Waals surface area contributed by atoms with Gasteiger partial charge in [0.05, 0.1) is 11.8 Å². The molecule has 4 rings (SSSR count). The fraction of sp³-hybridized carbons (Fsp3) is 0.269. The van der Waals surface area contributed by atoms with Crippen LogP contribution in [0.1, 0.15) is 34.9 Å². The van der Waals surface area contributed by atoms with Gasteiger partial charge in [0, 0.05) is 16.5 Å². The van der Waals surface area contributed by atoms with Crippen LogP contribution in [0.2, 0.25) is 0 Å². The molecule has 3 N–H and O–H groups in total. The first-order chi connectivity index (χ1) is 16.9. The summed E-state index contributed by atoms with van der Waals surface area (Å²) < 4.78 is 5.44. The minimum absolute atomic E-state index is 0.0420. The van der Waals surface area contributed by atoms with Gasteiger partial charge in [-0.05, 0) is 40.6 Å². The molecule has 35 heavy (non-hydrogen) atoms. The van der Waals surface area contributed by atoms with E-state index in [2.05, 4.69) is 10.6 Å². The molecule has 2 aromatic carbocycles. The van der Waals surface area contributed by atoms with Gasteiger partial charge >= 0.3 is 12.1 Å². The zero-order chi connectivity index (χ0) is 24.8. The second kappa shape index (κ2) is 11.4. The Kier molecular flexibility index (Phi) is 8.09. The van der Waals surface area contributed by atoms with Crippen molar-refractivity contribution >= 4 is 41.1 Å². The fourth-order valence-corrected chi connectivity index (χ4v) is 5.70. The molecule has 9 heteroatoms. The van der Waals surface area contributed by atoms with E-state index in [0.717, 1.165) is 38.9 Å². The van der Waals surface area contributed by atoms with E-state index in [9.17, 15) is 19.5 Å². The number of thiophene rings is 1. The molecule has 0 radical (unpaired) electrons. The number of benzene rings is 2. The maximum absolute atomic E-state index is 12.4. The summed E-state index contributed by atoms with van der Waals surface area (Å²) in [7, 11) is 0. The number of ether oxygens (including phenoxy) is 1. The topological polar surface area (TPSA) is 105 Å². The number of amides is 2. The van der Waals surface area contributed by atoms with Gasteiger partial charge in [-0.1, -0.05) is 54.6 Å². The molecule has 0 saturated carbocycles. The van der Waals surface area contributed by atoms with Crippen LogP contribution < -0.4 is 10.6 Å². The van der Waals surface area contributed by atoms with E-state index in [0.29, 0.717) is 0 Å². The summed E-state index contributed by atoms with van der Waals surface area (Å²) in [6.45, 7) is 2.00. The number of hydrogen-bond donors (Lipinski definition) is 3.